The molecule has 0 bridgehead atoms. The maximum Gasteiger partial charge on any atom is 0.305 e. The Morgan fingerprint density at radius 2 is 0.580 bits per heavy atom. The highest BCUT2D eigenvalue weighted by molar-refractivity contribution is 5.76. The van der Waals surface area contributed by atoms with Gasteiger partial charge in [-0.1, -0.05) is 353 Å². The van der Waals surface area contributed by atoms with Crippen LogP contribution in [0, 0.1) is 0 Å². The number of rotatable bonds is 70. The monoisotopic (exact) mass is 1140 g/mol. The molecule has 0 fully saturated rings. The number of unbranched alkanes of at least 4 members (excludes halogenated alkanes) is 55. The number of hydrogen-bond donors (Lipinski definition) is 3. The first-order valence-electron chi connectivity index (χ1n) is 37.1. The molecule has 0 aliphatic rings. The minimum Gasteiger partial charge on any atom is -0.466 e. The summed E-state index contributed by atoms with van der Waals surface area (Å²) in [5.41, 5.74) is 0. The molecular weight excluding hydrogens is 995 g/mol. The summed E-state index contributed by atoms with van der Waals surface area (Å²) < 4.78 is 5.49. The zero-order chi connectivity index (χ0) is 58.5. The quantitative estimate of drug-likeness (QED) is 0.0320. The third-order valence-electron chi connectivity index (χ3n) is 17.5. The van der Waals surface area contributed by atoms with E-state index >= 15 is 0 Å². The van der Waals surface area contributed by atoms with E-state index in [-0.39, 0.29) is 18.5 Å². The average Bonchev–Trinajstić information content (AvgIpc) is 3.47. The van der Waals surface area contributed by atoms with Gasteiger partial charge in [-0.05, 0) is 77.0 Å². The Balaban J connectivity index is 3.32. The van der Waals surface area contributed by atoms with Crippen LogP contribution in [0.3, 0.4) is 0 Å². The van der Waals surface area contributed by atoms with Crippen molar-refractivity contribution in [1.29, 1.82) is 0 Å². The second-order valence-electron chi connectivity index (χ2n) is 25.6. The van der Waals surface area contributed by atoms with Gasteiger partial charge in [0.15, 0.2) is 0 Å². The number of carbonyl (C=O) groups is 2. The summed E-state index contributed by atoms with van der Waals surface area (Å²) in [5, 5.41) is 23.3. The highest BCUT2D eigenvalue weighted by Gasteiger charge is 2.20. The Labute approximate surface area is 507 Å². The average molecular weight is 1140 g/mol. The molecule has 0 aromatic heterocycles. The Morgan fingerprint density at radius 1 is 0.333 bits per heavy atom. The minimum atomic E-state index is -0.661. The van der Waals surface area contributed by atoms with Crippen LogP contribution in [-0.2, 0) is 14.3 Å². The van der Waals surface area contributed by atoms with Crippen molar-refractivity contribution >= 4 is 11.9 Å². The second kappa shape index (κ2) is 70.8. The fourth-order valence-corrected chi connectivity index (χ4v) is 11.8. The molecule has 1 amide bonds. The molecule has 6 nitrogen and oxygen atoms in total. The molecule has 2 unspecified atom stereocenters. The predicted molar refractivity (Wildman–Crippen MR) is 356 cm³/mol. The molecular formula is C75H145NO5. The molecule has 0 rings (SSSR count). The Kier molecular flexibility index (Phi) is 69.4. The van der Waals surface area contributed by atoms with Crippen LogP contribution in [0.25, 0.3) is 0 Å². The number of esters is 1. The van der Waals surface area contributed by atoms with Crippen molar-refractivity contribution in [2.24, 2.45) is 0 Å². The molecule has 0 aliphatic carbocycles. The fraction of sp³-hybridized carbons (Fsp3) is 0.920. The van der Waals surface area contributed by atoms with Gasteiger partial charge in [0.1, 0.15) is 0 Å². The van der Waals surface area contributed by atoms with Crippen molar-refractivity contribution in [3.05, 3.63) is 24.3 Å². The topological polar surface area (TPSA) is 95.9 Å². The summed E-state index contributed by atoms with van der Waals surface area (Å²) >= 11 is 0. The molecule has 81 heavy (non-hydrogen) atoms. The third-order valence-corrected chi connectivity index (χ3v) is 17.5. The van der Waals surface area contributed by atoms with E-state index in [9.17, 15) is 19.8 Å². The lowest BCUT2D eigenvalue weighted by molar-refractivity contribution is -0.143. The molecule has 0 aromatic carbocycles. The molecule has 2 atom stereocenters. The molecule has 480 valence electrons. The van der Waals surface area contributed by atoms with Crippen LogP contribution >= 0.6 is 0 Å². The van der Waals surface area contributed by atoms with E-state index in [4.69, 9.17) is 4.74 Å². The van der Waals surface area contributed by atoms with Crippen molar-refractivity contribution in [2.45, 2.75) is 431 Å². The molecule has 0 aromatic rings. The molecule has 0 saturated carbocycles. The van der Waals surface area contributed by atoms with Crippen molar-refractivity contribution in [3.8, 4) is 0 Å². The Morgan fingerprint density at radius 3 is 0.877 bits per heavy atom. The van der Waals surface area contributed by atoms with Gasteiger partial charge in [0, 0.05) is 12.8 Å². The van der Waals surface area contributed by atoms with Gasteiger partial charge in [0.05, 0.1) is 25.4 Å². The lowest BCUT2D eigenvalue weighted by atomic mass is 10.0. The summed E-state index contributed by atoms with van der Waals surface area (Å²) in [7, 11) is 0. The molecule has 6 heteroatoms. The number of aliphatic hydroxyl groups excluding tert-OH is 2. The van der Waals surface area contributed by atoms with Crippen LogP contribution in [0.4, 0.5) is 0 Å². The zero-order valence-corrected chi connectivity index (χ0v) is 55.0. The van der Waals surface area contributed by atoms with Crippen molar-refractivity contribution in [3.63, 3.8) is 0 Å². The number of carbonyl (C=O) groups excluding carboxylic acids is 2. The van der Waals surface area contributed by atoms with Gasteiger partial charge < -0.3 is 20.3 Å². The minimum absolute atomic E-state index is 0.0129. The number of nitrogens with one attached hydrogen (secondary N) is 1. The molecule has 0 radical (unpaired) electrons. The number of aliphatic hydroxyl groups is 2. The van der Waals surface area contributed by atoms with Crippen LogP contribution in [0.5, 0.6) is 0 Å². The molecule has 0 spiro atoms. The normalized spacial score (nSPS) is 12.6. The maximum absolute atomic E-state index is 12.5. The van der Waals surface area contributed by atoms with E-state index in [1.807, 2.05) is 0 Å². The first-order valence-corrected chi connectivity index (χ1v) is 37.1. The van der Waals surface area contributed by atoms with E-state index in [0.717, 1.165) is 44.9 Å². The summed E-state index contributed by atoms with van der Waals surface area (Å²) in [5.74, 6) is -0.0157. The van der Waals surface area contributed by atoms with Gasteiger partial charge in [-0.2, -0.15) is 0 Å². The smallest absolute Gasteiger partial charge is 0.305 e. The van der Waals surface area contributed by atoms with Gasteiger partial charge >= 0.3 is 5.97 Å². The van der Waals surface area contributed by atoms with Gasteiger partial charge in [-0.15, -0.1) is 0 Å². The number of ether oxygens (including phenoxy) is 1. The van der Waals surface area contributed by atoms with Crippen LogP contribution < -0.4 is 5.32 Å². The molecule has 0 saturated heterocycles. The highest BCUT2D eigenvalue weighted by Crippen LogP contribution is 2.19. The van der Waals surface area contributed by atoms with Gasteiger partial charge in [-0.3, -0.25) is 9.59 Å². The van der Waals surface area contributed by atoms with Gasteiger partial charge in [-0.25, -0.2) is 0 Å². The number of allylic oxidation sites excluding steroid dienone is 4. The van der Waals surface area contributed by atoms with E-state index in [0.29, 0.717) is 25.9 Å². The van der Waals surface area contributed by atoms with Crippen LogP contribution in [0.2, 0.25) is 0 Å². The Hall–Kier alpha value is -1.66. The lowest BCUT2D eigenvalue weighted by Crippen LogP contribution is -2.45. The summed E-state index contributed by atoms with van der Waals surface area (Å²) in [4.78, 5) is 24.6. The van der Waals surface area contributed by atoms with Gasteiger partial charge in [0.2, 0.25) is 5.91 Å². The van der Waals surface area contributed by atoms with Crippen LogP contribution in [0.1, 0.15) is 418 Å². The van der Waals surface area contributed by atoms with Crippen LogP contribution in [0.15, 0.2) is 24.3 Å². The third kappa shape index (κ3) is 67.3. The van der Waals surface area contributed by atoms with Crippen LogP contribution in [-0.4, -0.2) is 47.4 Å². The van der Waals surface area contributed by atoms with Crippen molar-refractivity contribution in [1.82, 2.24) is 5.32 Å². The number of hydrogen-bond acceptors (Lipinski definition) is 5. The Bertz CT molecular complexity index is 1270. The fourth-order valence-electron chi connectivity index (χ4n) is 11.8. The predicted octanol–water partition coefficient (Wildman–Crippen LogP) is 24.1. The highest BCUT2D eigenvalue weighted by atomic mass is 16.5. The first-order chi connectivity index (χ1) is 40.0. The molecule has 3 N–H and O–H groups in total. The molecule has 0 heterocycles. The largest absolute Gasteiger partial charge is 0.466 e. The van der Waals surface area contributed by atoms with E-state index in [2.05, 4.69) is 43.5 Å². The SMILES string of the molecule is CCCCCCCC/C=C\CCCCCCCC(=O)OCCCCCCCCCCCCCCCC/C=C\CCCCCCCCCCCCCCCCCCCC(=O)NC(CO)C(O)CCCCCCCCCCCCCCCC. The molecule has 0 aliphatic heterocycles. The lowest BCUT2D eigenvalue weighted by Gasteiger charge is -2.22. The zero-order valence-electron chi connectivity index (χ0n) is 55.0. The summed E-state index contributed by atoms with van der Waals surface area (Å²) in [6.45, 7) is 4.98. The number of amides is 1. The maximum atomic E-state index is 12.5. The van der Waals surface area contributed by atoms with Gasteiger partial charge in [0.25, 0.3) is 0 Å². The second-order valence-corrected chi connectivity index (χ2v) is 25.6. The van der Waals surface area contributed by atoms with Crippen molar-refractivity contribution in [2.75, 3.05) is 13.2 Å². The van der Waals surface area contributed by atoms with Crippen molar-refractivity contribution < 1.29 is 24.5 Å². The summed E-state index contributed by atoms with van der Waals surface area (Å²) in [6.07, 6.45) is 89.7. The summed E-state index contributed by atoms with van der Waals surface area (Å²) in [6, 6.07) is -0.538. The van der Waals surface area contributed by atoms with E-state index in [1.165, 1.54) is 340 Å². The first kappa shape index (κ1) is 79.3. The van der Waals surface area contributed by atoms with E-state index in [1.54, 1.807) is 0 Å². The standard InChI is InChI=1S/C75H145NO5/c1-3-5-7-9-11-13-15-17-40-45-49-53-57-61-65-69-75(80)81-70-66-62-58-54-50-46-42-39-37-35-33-31-29-27-25-23-21-19-20-22-24-26-28-30-32-34-36-38-41-44-48-52-56-60-64-68-74(79)76-72(71-77)73(78)67-63-59-55-51-47-43-18-16-14-12-10-8-6-4-2/h17,21,23,40,72-73,77-78H,3-16,18-20,22,24-39,41-71H2,1-2H3,(H,76,79)/b23-21-,40-17-. The van der Waals surface area contributed by atoms with E-state index < -0.39 is 12.1 Å².